The van der Waals surface area contributed by atoms with E-state index in [2.05, 4.69) is 10.4 Å². The first-order valence-electron chi connectivity index (χ1n) is 6.04. The van der Waals surface area contributed by atoms with Crippen LogP contribution in [0.15, 0.2) is 18.2 Å². The molecule has 0 aliphatic rings. The summed E-state index contributed by atoms with van der Waals surface area (Å²) in [6.45, 7) is 6.13. The van der Waals surface area contributed by atoms with Crippen LogP contribution in [0, 0.1) is 13.8 Å². The van der Waals surface area contributed by atoms with Crippen molar-refractivity contribution in [2.75, 3.05) is 12.3 Å². The summed E-state index contributed by atoms with van der Waals surface area (Å²) >= 11 is 1.08. The van der Waals surface area contributed by atoms with Crippen LogP contribution in [0.3, 0.4) is 0 Å². The molecule has 2 rings (SSSR count). The summed E-state index contributed by atoms with van der Waals surface area (Å²) in [7, 11) is 0. The van der Waals surface area contributed by atoms with Gasteiger partial charge in [0.25, 0.3) is 0 Å². The molecule has 4 nitrogen and oxygen atoms in total. The molecule has 0 aliphatic heterocycles. The van der Waals surface area contributed by atoms with E-state index in [1.165, 1.54) is 0 Å². The molecule has 0 unspecified atom stereocenters. The standard InChI is InChI=1S/C14H16N2O2S/c1-4-18-14(17)13-11(15)12(16-19-13)10-6-8(2)5-9(3)7-10/h5-7H,4,15H2,1-3H3. The lowest BCUT2D eigenvalue weighted by Gasteiger charge is -2.04. The van der Waals surface area contributed by atoms with Gasteiger partial charge in [-0.15, -0.1) is 0 Å². The topological polar surface area (TPSA) is 65.2 Å². The van der Waals surface area contributed by atoms with Gasteiger partial charge in [-0.05, 0) is 44.4 Å². The van der Waals surface area contributed by atoms with E-state index in [0.717, 1.165) is 28.2 Å². The number of esters is 1. The predicted octanol–water partition coefficient (Wildman–Crippen LogP) is 3.19. The fraction of sp³-hybridized carbons (Fsp3) is 0.286. The third kappa shape index (κ3) is 2.76. The molecule has 1 aromatic heterocycles. The maximum Gasteiger partial charge on any atom is 0.352 e. The number of nitrogens with zero attached hydrogens (tertiary/aromatic N) is 1. The normalized spacial score (nSPS) is 10.5. The lowest BCUT2D eigenvalue weighted by atomic mass is 10.0. The van der Waals surface area contributed by atoms with E-state index in [1.807, 2.05) is 26.0 Å². The van der Waals surface area contributed by atoms with Gasteiger partial charge in [-0.3, -0.25) is 0 Å². The van der Waals surface area contributed by atoms with Crippen LogP contribution in [0.25, 0.3) is 11.3 Å². The Bertz CT molecular complexity index is 600. The highest BCUT2D eigenvalue weighted by atomic mass is 32.1. The van der Waals surface area contributed by atoms with Crippen LogP contribution in [0.4, 0.5) is 5.69 Å². The molecule has 5 heteroatoms. The monoisotopic (exact) mass is 276 g/mol. The van der Waals surface area contributed by atoms with Crippen molar-refractivity contribution >= 4 is 23.2 Å². The third-order valence-electron chi connectivity index (χ3n) is 2.68. The summed E-state index contributed by atoms with van der Waals surface area (Å²) in [5.74, 6) is -0.409. The smallest absolute Gasteiger partial charge is 0.352 e. The van der Waals surface area contributed by atoms with Crippen molar-refractivity contribution in [3.8, 4) is 11.3 Å². The van der Waals surface area contributed by atoms with Crippen LogP contribution in [-0.2, 0) is 4.74 Å². The Morgan fingerprint density at radius 3 is 2.53 bits per heavy atom. The van der Waals surface area contributed by atoms with E-state index in [9.17, 15) is 4.79 Å². The van der Waals surface area contributed by atoms with Gasteiger partial charge in [-0.2, -0.15) is 4.37 Å². The molecule has 0 fully saturated rings. The highest BCUT2D eigenvalue weighted by Crippen LogP contribution is 2.32. The molecule has 0 radical (unpaired) electrons. The summed E-state index contributed by atoms with van der Waals surface area (Å²) in [4.78, 5) is 12.1. The zero-order valence-corrected chi connectivity index (χ0v) is 12.0. The predicted molar refractivity (Wildman–Crippen MR) is 77.4 cm³/mol. The van der Waals surface area contributed by atoms with Gasteiger partial charge in [0.2, 0.25) is 0 Å². The molecule has 0 aliphatic carbocycles. The van der Waals surface area contributed by atoms with Crippen LogP contribution < -0.4 is 5.73 Å². The number of benzene rings is 1. The Balaban J connectivity index is 2.44. The summed E-state index contributed by atoms with van der Waals surface area (Å²) in [6.07, 6.45) is 0. The number of rotatable bonds is 3. The maximum atomic E-state index is 11.7. The molecular formula is C14H16N2O2S. The van der Waals surface area contributed by atoms with E-state index >= 15 is 0 Å². The maximum absolute atomic E-state index is 11.7. The van der Waals surface area contributed by atoms with Crippen molar-refractivity contribution in [3.05, 3.63) is 34.2 Å². The van der Waals surface area contributed by atoms with Crippen molar-refractivity contribution in [1.82, 2.24) is 4.37 Å². The molecule has 1 aromatic carbocycles. The number of aryl methyl sites for hydroxylation is 2. The van der Waals surface area contributed by atoms with Gasteiger partial charge in [0.1, 0.15) is 5.69 Å². The van der Waals surface area contributed by atoms with Gasteiger partial charge < -0.3 is 10.5 Å². The van der Waals surface area contributed by atoms with E-state index < -0.39 is 5.97 Å². The Labute approximate surface area is 116 Å². The molecule has 0 spiro atoms. The van der Waals surface area contributed by atoms with Crippen LogP contribution in [0.1, 0.15) is 27.7 Å². The second kappa shape index (κ2) is 5.40. The first kappa shape index (κ1) is 13.5. The Kier molecular flexibility index (Phi) is 3.85. The number of hydrogen-bond acceptors (Lipinski definition) is 5. The van der Waals surface area contributed by atoms with E-state index in [4.69, 9.17) is 10.5 Å². The van der Waals surface area contributed by atoms with Crippen molar-refractivity contribution in [3.63, 3.8) is 0 Å². The first-order chi connectivity index (χ1) is 9.02. The molecule has 0 saturated carbocycles. The largest absolute Gasteiger partial charge is 0.462 e. The molecule has 100 valence electrons. The van der Waals surface area contributed by atoms with E-state index in [1.54, 1.807) is 6.92 Å². The Morgan fingerprint density at radius 1 is 1.32 bits per heavy atom. The molecule has 19 heavy (non-hydrogen) atoms. The second-order valence-electron chi connectivity index (χ2n) is 4.37. The van der Waals surface area contributed by atoms with Gasteiger partial charge >= 0.3 is 5.97 Å². The van der Waals surface area contributed by atoms with Gasteiger partial charge in [0.05, 0.1) is 12.3 Å². The number of nitrogen functional groups attached to an aromatic ring is 1. The molecule has 1 heterocycles. The average Bonchev–Trinajstić information content (AvgIpc) is 2.70. The van der Waals surface area contributed by atoms with Crippen molar-refractivity contribution < 1.29 is 9.53 Å². The molecule has 2 N–H and O–H groups in total. The fourth-order valence-corrected chi connectivity index (χ4v) is 2.68. The highest BCUT2D eigenvalue weighted by molar-refractivity contribution is 7.09. The lowest BCUT2D eigenvalue weighted by Crippen LogP contribution is -2.05. The fourth-order valence-electron chi connectivity index (χ4n) is 1.96. The Morgan fingerprint density at radius 2 is 1.95 bits per heavy atom. The Hall–Kier alpha value is -1.88. The third-order valence-corrected chi connectivity index (χ3v) is 3.53. The number of nitrogens with two attached hydrogens (primary N) is 1. The number of anilines is 1. The number of carbonyl (C=O) groups excluding carboxylic acids is 1. The zero-order chi connectivity index (χ0) is 14.0. The second-order valence-corrected chi connectivity index (χ2v) is 5.14. The van der Waals surface area contributed by atoms with E-state index in [-0.39, 0.29) is 0 Å². The molecule has 0 atom stereocenters. The number of ether oxygens (including phenoxy) is 1. The molecular weight excluding hydrogens is 260 g/mol. The first-order valence-corrected chi connectivity index (χ1v) is 6.81. The minimum Gasteiger partial charge on any atom is -0.462 e. The van der Waals surface area contributed by atoms with Gasteiger partial charge in [0.15, 0.2) is 4.88 Å². The minimum atomic E-state index is -0.409. The number of aromatic nitrogens is 1. The van der Waals surface area contributed by atoms with Crippen molar-refractivity contribution in [1.29, 1.82) is 0 Å². The van der Waals surface area contributed by atoms with Gasteiger partial charge in [0, 0.05) is 5.56 Å². The molecule has 2 aromatic rings. The van der Waals surface area contributed by atoms with E-state index in [0.29, 0.717) is 22.9 Å². The van der Waals surface area contributed by atoms with Crippen LogP contribution in [-0.4, -0.2) is 16.9 Å². The summed E-state index contributed by atoms with van der Waals surface area (Å²) in [6, 6.07) is 6.10. The molecule has 0 saturated heterocycles. The number of carbonyl (C=O) groups is 1. The van der Waals surface area contributed by atoms with Crippen LogP contribution >= 0.6 is 11.5 Å². The van der Waals surface area contributed by atoms with Crippen LogP contribution in [0.2, 0.25) is 0 Å². The quantitative estimate of drug-likeness (QED) is 0.874. The molecule has 0 amide bonds. The highest BCUT2D eigenvalue weighted by Gasteiger charge is 2.19. The SMILES string of the molecule is CCOC(=O)c1snc(-c2cc(C)cc(C)c2)c1N. The lowest BCUT2D eigenvalue weighted by molar-refractivity contribution is 0.0533. The van der Waals surface area contributed by atoms with Crippen molar-refractivity contribution in [2.24, 2.45) is 0 Å². The summed E-state index contributed by atoms with van der Waals surface area (Å²) < 4.78 is 9.24. The van der Waals surface area contributed by atoms with Crippen molar-refractivity contribution in [2.45, 2.75) is 20.8 Å². The molecule has 0 bridgehead atoms. The van der Waals surface area contributed by atoms with Gasteiger partial charge in [-0.1, -0.05) is 17.2 Å². The average molecular weight is 276 g/mol. The van der Waals surface area contributed by atoms with Crippen LogP contribution in [0.5, 0.6) is 0 Å². The number of hydrogen-bond donors (Lipinski definition) is 1. The summed E-state index contributed by atoms with van der Waals surface area (Å²) in [5.41, 5.74) is 10.3. The minimum absolute atomic E-state index is 0.328. The van der Waals surface area contributed by atoms with Gasteiger partial charge in [-0.25, -0.2) is 4.79 Å². The summed E-state index contributed by atoms with van der Waals surface area (Å²) in [5, 5.41) is 0. The zero-order valence-electron chi connectivity index (χ0n) is 11.2.